The molecule has 0 unspecified atom stereocenters. The zero-order chi connectivity index (χ0) is 20.9. The van der Waals surface area contributed by atoms with Crippen molar-refractivity contribution in [2.75, 3.05) is 18.0 Å². The van der Waals surface area contributed by atoms with Crippen molar-refractivity contribution >= 4 is 22.8 Å². The van der Waals surface area contributed by atoms with Gasteiger partial charge in [-0.1, -0.05) is 12.1 Å². The van der Waals surface area contributed by atoms with Crippen LogP contribution in [0.3, 0.4) is 0 Å². The number of halogens is 3. The number of fused-ring (bicyclic) bond motifs is 3. The molecule has 6 nitrogen and oxygen atoms in total. The number of rotatable bonds is 3. The van der Waals surface area contributed by atoms with Crippen LogP contribution in [0.5, 0.6) is 0 Å². The van der Waals surface area contributed by atoms with E-state index in [2.05, 4.69) is 19.9 Å². The first-order valence-corrected chi connectivity index (χ1v) is 9.90. The highest BCUT2D eigenvalue weighted by Crippen LogP contribution is 2.35. The summed E-state index contributed by atoms with van der Waals surface area (Å²) in [5, 5.41) is 0.960. The summed E-state index contributed by atoms with van der Waals surface area (Å²) in [5.74, 6) is 0.837. The third-order valence-corrected chi connectivity index (χ3v) is 6.04. The monoisotopic (exact) mass is 415 g/mol. The normalized spacial score (nSPS) is 21.4. The highest BCUT2D eigenvalue weighted by atomic mass is 19.4. The number of piperazine rings is 1. The SMILES string of the molecule is O=C(Cc1ccc(C(F)(F)F)cc1)N1[C@@H]2CC[C@@H]1CN(c1ncnc3[nH]ccc13)C2. The maximum atomic E-state index is 13.0. The molecule has 0 aliphatic carbocycles. The van der Waals surface area contributed by atoms with E-state index in [4.69, 9.17) is 0 Å². The van der Waals surface area contributed by atoms with E-state index in [9.17, 15) is 18.0 Å². The van der Waals surface area contributed by atoms with E-state index in [-0.39, 0.29) is 24.4 Å². The van der Waals surface area contributed by atoms with Crippen molar-refractivity contribution in [2.45, 2.75) is 37.5 Å². The molecule has 4 heterocycles. The molecule has 2 atom stereocenters. The van der Waals surface area contributed by atoms with E-state index >= 15 is 0 Å². The van der Waals surface area contributed by atoms with Crippen LogP contribution < -0.4 is 4.90 Å². The molecule has 1 aromatic carbocycles. The van der Waals surface area contributed by atoms with Gasteiger partial charge < -0.3 is 14.8 Å². The molecule has 3 aromatic rings. The highest BCUT2D eigenvalue weighted by molar-refractivity contribution is 5.87. The first-order valence-electron chi connectivity index (χ1n) is 9.90. The molecule has 2 aliphatic rings. The fourth-order valence-corrected chi connectivity index (χ4v) is 4.67. The Morgan fingerprint density at radius 2 is 1.77 bits per heavy atom. The Balaban J connectivity index is 1.30. The summed E-state index contributed by atoms with van der Waals surface area (Å²) < 4.78 is 38.2. The molecular formula is C21H20F3N5O. The van der Waals surface area contributed by atoms with E-state index in [1.165, 1.54) is 18.5 Å². The summed E-state index contributed by atoms with van der Waals surface area (Å²) >= 11 is 0. The largest absolute Gasteiger partial charge is 0.416 e. The lowest BCUT2D eigenvalue weighted by atomic mass is 10.1. The summed E-state index contributed by atoms with van der Waals surface area (Å²) in [4.78, 5) is 28.9. The summed E-state index contributed by atoms with van der Waals surface area (Å²) in [6.45, 7) is 1.37. The molecule has 0 spiro atoms. The van der Waals surface area contributed by atoms with E-state index in [1.807, 2.05) is 17.2 Å². The first-order chi connectivity index (χ1) is 14.4. The van der Waals surface area contributed by atoms with Crippen molar-refractivity contribution in [1.82, 2.24) is 19.9 Å². The average molecular weight is 415 g/mol. The maximum Gasteiger partial charge on any atom is 0.416 e. The number of anilines is 1. The maximum absolute atomic E-state index is 13.0. The standard InChI is InChI=1S/C21H20F3N5O/c22-21(23,24)14-3-1-13(2-4-14)9-18(30)29-15-5-6-16(29)11-28(10-15)20-17-7-8-25-19(17)26-12-27-20/h1-4,7-8,12,15-16H,5-6,9-11H2,(H,25,26,27)/t15-,16-/m1/s1. The van der Waals surface area contributed by atoms with Crippen LogP contribution in [0, 0.1) is 0 Å². The zero-order valence-corrected chi connectivity index (χ0v) is 16.1. The van der Waals surface area contributed by atoms with Gasteiger partial charge in [0.15, 0.2) is 0 Å². The number of carbonyl (C=O) groups excluding carboxylic acids is 1. The molecule has 1 amide bonds. The molecule has 1 N–H and O–H groups in total. The van der Waals surface area contributed by atoms with Gasteiger partial charge >= 0.3 is 6.18 Å². The van der Waals surface area contributed by atoms with Gasteiger partial charge in [-0.05, 0) is 36.6 Å². The van der Waals surface area contributed by atoms with Gasteiger partial charge in [0.2, 0.25) is 5.91 Å². The first kappa shape index (κ1) is 18.9. The van der Waals surface area contributed by atoms with Crippen LogP contribution >= 0.6 is 0 Å². The molecule has 2 aromatic heterocycles. The number of amides is 1. The fourth-order valence-electron chi connectivity index (χ4n) is 4.67. The molecule has 0 radical (unpaired) electrons. The molecule has 2 bridgehead atoms. The predicted octanol–water partition coefficient (Wildman–Crippen LogP) is 3.40. The number of H-pyrrole nitrogens is 1. The highest BCUT2D eigenvalue weighted by Gasteiger charge is 2.43. The number of aromatic nitrogens is 3. The molecule has 2 fully saturated rings. The van der Waals surface area contributed by atoms with Crippen molar-refractivity contribution in [3.05, 3.63) is 54.0 Å². The van der Waals surface area contributed by atoms with Crippen molar-refractivity contribution in [1.29, 1.82) is 0 Å². The van der Waals surface area contributed by atoms with Gasteiger partial charge in [0.25, 0.3) is 0 Å². The molecular weight excluding hydrogens is 395 g/mol. The van der Waals surface area contributed by atoms with Crippen molar-refractivity contribution < 1.29 is 18.0 Å². The predicted molar refractivity (Wildman–Crippen MR) is 105 cm³/mol. The van der Waals surface area contributed by atoms with Crippen LogP contribution in [-0.2, 0) is 17.4 Å². The van der Waals surface area contributed by atoms with Crippen LogP contribution in [-0.4, -0.2) is 50.9 Å². The average Bonchev–Trinajstić information content (AvgIpc) is 3.29. The number of nitrogens with zero attached hydrogens (tertiary/aromatic N) is 4. The van der Waals surface area contributed by atoms with Crippen molar-refractivity contribution in [2.24, 2.45) is 0 Å². The van der Waals surface area contributed by atoms with Gasteiger partial charge in [0.05, 0.1) is 17.4 Å². The van der Waals surface area contributed by atoms with E-state index in [1.54, 1.807) is 0 Å². The second-order valence-electron chi connectivity index (χ2n) is 7.90. The van der Waals surface area contributed by atoms with Gasteiger partial charge in [-0.3, -0.25) is 4.79 Å². The van der Waals surface area contributed by atoms with Crippen LogP contribution in [0.15, 0.2) is 42.9 Å². The van der Waals surface area contributed by atoms with Gasteiger partial charge in [0, 0.05) is 31.4 Å². The topological polar surface area (TPSA) is 65.1 Å². The smallest absolute Gasteiger partial charge is 0.352 e. The Hall–Kier alpha value is -3.10. The summed E-state index contributed by atoms with van der Waals surface area (Å²) in [6, 6.07) is 6.96. The zero-order valence-electron chi connectivity index (χ0n) is 16.1. The second-order valence-corrected chi connectivity index (χ2v) is 7.90. The molecule has 30 heavy (non-hydrogen) atoms. The van der Waals surface area contributed by atoms with Gasteiger partial charge in [-0.25, -0.2) is 9.97 Å². The number of alkyl halides is 3. The molecule has 0 saturated carbocycles. The van der Waals surface area contributed by atoms with Gasteiger partial charge in [0.1, 0.15) is 17.8 Å². The van der Waals surface area contributed by atoms with Crippen molar-refractivity contribution in [3.63, 3.8) is 0 Å². The molecule has 5 rings (SSSR count). The van der Waals surface area contributed by atoms with E-state index in [0.29, 0.717) is 18.7 Å². The van der Waals surface area contributed by atoms with E-state index in [0.717, 1.165) is 41.8 Å². The Morgan fingerprint density at radius 3 is 2.43 bits per heavy atom. The Morgan fingerprint density at radius 1 is 1.07 bits per heavy atom. The van der Waals surface area contributed by atoms with Crippen molar-refractivity contribution in [3.8, 4) is 0 Å². The lowest BCUT2D eigenvalue weighted by Crippen LogP contribution is -2.56. The minimum atomic E-state index is -4.37. The molecule has 2 saturated heterocycles. The molecule has 9 heteroatoms. The van der Waals surface area contributed by atoms with Crippen LogP contribution in [0.4, 0.5) is 19.0 Å². The summed E-state index contributed by atoms with van der Waals surface area (Å²) in [6.07, 6.45) is 0.951. The third kappa shape index (κ3) is 3.28. The number of nitrogens with one attached hydrogen (secondary N) is 1. The lowest BCUT2D eigenvalue weighted by Gasteiger charge is -2.41. The Bertz CT molecular complexity index is 1060. The van der Waals surface area contributed by atoms with E-state index < -0.39 is 11.7 Å². The lowest BCUT2D eigenvalue weighted by molar-refractivity contribution is -0.137. The van der Waals surface area contributed by atoms with Gasteiger partial charge in [-0.2, -0.15) is 13.2 Å². The minimum Gasteiger partial charge on any atom is -0.352 e. The van der Waals surface area contributed by atoms with Gasteiger partial charge in [-0.15, -0.1) is 0 Å². The Labute approximate surface area is 170 Å². The number of hydrogen-bond donors (Lipinski definition) is 1. The van der Waals surface area contributed by atoms with Crippen LogP contribution in [0.1, 0.15) is 24.0 Å². The summed E-state index contributed by atoms with van der Waals surface area (Å²) in [5.41, 5.74) is 0.682. The number of aromatic amines is 1. The minimum absolute atomic E-state index is 0.0311. The quantitative estimate of drug-likeness (QED) is 0.712. The Kier molecular flexibility index (Phi) is 4.41. The third-order valence-electron chi connectivity index (χ3n) is 6.04. The fraction of sp³-hybridized carbons (Fsp3) is 0.381. The number of hydrogen-bond acceptors (Lipinski definition) is 4. The summed E-state index contributed by atoms with van der Waals surface area (Å²) in [7, 11) is 0. The van der Waals surface area contributed by atoms with Crippen LogP contribution in [0.2, 0.25) is 0 Å². The number of benzene rings is 1. The molecule has 2 aliphatic heterocycles. The molecule has 156 valence electrons. The number of carbonyl (C=O) groups is 1. The second kappa shape index (κ2) is 7.00. The van der Waals surface area contributed by atoms with Crippen LogP contribution in [0.25, 0.3) is 11.0 Å².